The monoisotopic (exact) mass is 406 g/mol. The van der Waals surface area contributed by atoms with Gasteiger partial charge in [0.25, 0.3) is 0 Å². The normalized spacial score (nSPS) is 11.0. The van der Waals surface area contributed by atoms with Gasteiger partial charge in [-0.25, -0.2) is 4.39 Å². The Morgan fingerprint density at radius 3 is 2.10 bits per heavy atom. The van der Waals surface area contributed by atoms with Gasteiger partial charge in [0.05, 0.1) is 19.7 Å². The van der Waals surface area contributed by atoms with Gasteiger partial charge in [-0.1, -0.05) is 73.7 Å². The smallest absolute Gasteiger partial charge is 0.234 e. The third-order valence-electron chi connectivity index (χ3n) is 5.01. The van der Waals surface area contributed by atoms with Crippen LogP contribution in [0.3, 0.4) is 0 Å². The molecule has 3 aromatic carbocycles. The first-order valence-electron chi connectivity index (χ1n) is 10.0. The van der Waals surface area contributed by atoms with Crippen molar-refractivity contribution in [3.63, 3.8) is 0 Å². The SMILES string of the molecule is CCN(CC(=O)NC(c1ccccc1)c1ccccc1)Cc1ccc(OC)c(F)c1. The van der Waals surface area contributed by atoms with E-state index in [1.54, 1.807) is 6.07 Å². The van der Waals surface area contributed by atoms with E-state index in [0.717, 1.165) is 16.7 Å². The van der Waals surface area contributed by atoms with Crippen LogP contribution in [0.15, 0.2) is 78.9 Å². The van der Waals surface area contributed by atoms with Crippen LogP contribution in [0.2, 0.25) is 0 Å². The van der Waals surface area contributed by atoms with Crippen molar-refractivity contribution in [2.75, 3.05) is 20.2 Å². The maximum atomic E-state index is 14.0. The molecule has 0 heterocycles. The molecule has 4 nitrogen and oxygen atoms in total. The summed E-state index contributed by atoms with van der Waals surface area (Å²) in [6.07, 6.45) is 0. The third kappa shape index (κ3) is 5.67. The Balaban J connectivity index is 1.70. The Bertz CT molecular complexity index is 908. The highest BCUT2D eigenvalue weighted by atomic mass is 19.1. The van der Waals surface area contributed by atoms with Crippen LogP contribution < -0.4 is 10.1 Å². The maximum absolute atomic E-state index is 14.0. The average Bonchev–Trinajstić information content (AvgIpc) is 2.78. The summed E-state index contributed by atoms with van der Waals surface area (Å²) in [4.78, 5) is 14.9. The molecular weight excluding hydrogens is 379 g/mol. The number of amides is 1. The second kappa shape index (κ2) is 10.6. The lowest BCUT2D eigenvalue weighted by Gasteiger charge is -2.24. The van der Waals surface area contributed by atoms with Crippen molar-refractivity contribution in [3.05, 3.63) is 101 Å². The minimum absolute atomic E-state index is 0.0801. The molecule has 30 heavy (non-hydrogen) atoms. The second-order valence-electron chi connectivity index (χ2n) is 7.09. The molecule has 0 saturated carbocycles. The lowest BCUT2D eigenvalue weighted by atomic mass is 9.99. The lowest BCUT2D eigenvalue weighted by Crippen LogP contribution is -2.39. The molecule has 0 saturated heterocycles. The number of hydrogen-bond donors (Lipinski definition) is 1. The lowest BCUT2D eigenvalue weighted by molar-refractivity contribution is -0.122. The van der Waals surface area contributed by atoms with Crippen molar-refractivity contribution in [2.24, 2.45) is 0 Å². The van der Waals surface area contributed by atoms with Crippen LogP contribution in [0.5, 0.6) is 5.75 Å². The fourth-order valence-corrected chi connectivity index (χ4v) is 3.41. The molecule has 0 aliphatic rings. The number of ether oxygens (including phenoxy) is 1. The molecule has 0 unspecified atom stereocenters. The molecule has 0 fully saturated rings. The van der Waals surface area contributed by atoms with E-state index in [-0.39, 0.29) is 24.2 Å². The van der Waals surface area contributed by atoms with Gasteiger partial charge < -0.3 is 10.1 Å². The van der Waals surface area contributed by atoms with E-state index in [2.05, 4.69) is 5.32 Å². The molecule has 1 N–H and O–H groups in total. The van der Waals surface area contributed by atoms with E-state index in [0.29, 0.717) is 13.1 Å². The second-order valence-corrected chi connectivity index (χ2v) is 7.09. The highest BCUT2D eigenvalue weighted by Gasteiger charge is 2.18. The summed E-state index contributed by atoms with van der Waals surface area (Å²) in [5.41, 5.74) is 2.85. The Kier molecular flexibility index (Phi) is 7.57. The third-order valence-corrected chi connectivity index (χ3v) is 5.01. The molecule has 0 radical (unpaired) electrons. The van der Waals surface area contributed by atoms with Crippen molar-refractivity contribution in [1.29, 1.82) is 0 Å². The number of benzene rings is 3. The van der Waals surface area contributed by atoms with Crippen molar-refractivity contribution in [2.45, 2.75) is 19.5 Å². The van der Waals surface area contributed by atoms with Crippen molar-refractivity contribution in [3.8, 4) is 5.75 Å². The van der Waals surface area contributed by atoms with Gasteiger partial charge >= 0.3 is 0 Å². The van der Waals surface area contributed by atoms with Gasteiger partial charge in [-0.3, -0.25) is 9.69 Å². The van der Waals surface area contributed by atoms with Crippen molar-refractivity contribution < 1.29 is 13.9 Å². The molecule has 0 aliphatic carbocycles. The first-order valence-corrected chi connectivity index (χ1v) is 10.0. The Labute approximate surface area is 177 Å². The zero-order chi connectivity index (χ0) is 21.3. The largest absolute Gasteiger partial charge is 0.494 e. The van der Waals surface area contributed by atoms with Gasteiger partial charge in [0.15, 0.2) is 11.6 Å². The molecule has 0 atom stereocenters. The minimum Gasteiger partial charge on any atom is -0.494 e. The molecule has 3 rings (SSSR count). The summed E-state index contributed by atoms with van der Waals surface area (Å²) >= 11 is 0. The van der Waals surface area contributed by atoms with Crippen molar-refractivity contribution >= 4 is 5.91 Å². The fourth-order valence-electron chi connectivity index (χ4n) is 3.41. The van der Waals surface area contributed by atoms with E-state index >= 15 is 0 Å². The summed E-state index contributed by atoms with van der Waals surface area (Å²) in [6.45, 7) is 3.36. The molecular formula is C25H27FN2O2. The van der Waals surface area contributed by atoms with Crippen LogP contribution in [0.1, 0.15) is 29.7 Å². The summed E-state index contributed by atoms with van der Waals surface area (Å²) < 4.78 is 19.0. The Morgan fingerprint density at radius 2 is 1.60 bits per heavy atom. The number of carbonyl (C=O) groups excluding carboxylic acids is 1. The van der Waals surface area contributed by atoms with Crippen LogP contribution in [0, 0.1) is 5.82 Å². The quantitative estimate of drug-likeness (QED) is 0.566. The van der Waals surface area contributed by atoms with Gasteiger partial charge in [-0.15, -0.1) is 0 Å². The Hall–Kier alpha value is -3.18. The van der Waals surface area contributed by atoms with Gasteiger partial charge in [-0.2, -0.15) is 0 Å². The van der Waals surface area contributed by atoms with E-state index < -0.39 is 5.82 Å². The molecule has 3 aromatic rings. The van der Waals surface area contributed by atoms with Gasteiger partial charge in [0.1, 0.15) is 0 Å². The first kappa shape index (κ1) is 21.5. The molecule has 0 bridgehead atoms. The molecule has 0 spiro atoms. The van der Waals surface area contributed by atoms with E-state index in [9.17, 15) is 9.18 Å². The topological polar surface area (TPSA) is 41.6 Å². The number of rotatable bonds is 9. The Morgan fingerprint density at radius 1 is 1.00 bits per heavy atom. The zero-order valence-corrected chi connectivity index (χ0v) is 17.3. The van der Waals surface area contributed by atoms with Crippen LogP contribution in [0.4, 0.5) is 4.39 Å². The molecule has 0 aliphatic heterocycles. The van der Waals surface area contributed by atoms with Crippen LogP contribution >= 0.6 is 0 Å². The molecule has 5 heteroatoms. The number of methoxy groups -OCH3 is 1. The minimum atomic E-state index is -0.399. The van der Waals surface area contributed by atoms with Crippen LogP contribution in [0.25, 0.3) is 0 Å². The number of halogens is 1. The summed E-state index contributed by atoms with van der Waals surface area (Å²) in [5.74, 6) is -0.264. The zero-order valence-electron chi connectivity index (χ0n) is 17.3. The number of nitrogens with one attached hydrogen (secondary N) is 1. The number of hydrogen-bond acceptors (Lipinski definition) is 3. The van der Waals surface area contributed by atoms with Crippen LogP contribution in [-0.4, -0.2) is 31.0 Å². The summed E-state index contributed by atoms with van der Waals surface area (Å²) in [7, 11) is 1.44. The first-order chi connectivity index (χ1) is 14.6. The summed E-state index contributed by atoms with van der Waals surface area (Å²) in [6, 6.07) is 24.5. The maximum Gasteiger partial charge on any atom is 0.234 e. The number of carbonyl (C=O) groups is 1. The molecule has 156 valence electrons. The van der Waals surface area contributed by atoms with E-state index in [4.69, 9.17) is 4.74 Å². The highest BCUT2D eigenvalue weighted by molar-refractivity contribution is 5.79. The highest BCUT2D eigenvalue weighted by Crippen LogP contribution is 2.22. The fraction of sp³-hybridized carbons (Fsp3) is 0.240. The van der Waals surface area contributed by atoms with E-state index in [1.165, 1.54) is 13.2 Å². The number of likely N-dealkylation sites (N-methyl/N-ethyl adjacent to an activating group) is 1. The predicted molar refractivity (Wildman–Crippen MR) is 117 cm³/mol. The van der Waals surface area contributed by atoms with Crippen LogP contribution in [-0.2, 0) is 11.3 Å². The number of nitrogens with zero attached hydrogens (tertiary/aromatic N) is 1. The van der Waals surface area contributed by atoms with E-state index in [1.807, 2.05) is 78.6 Å². The predicted octanol–water partition coefficient (Wildman–Crippen LogP) is 4.56. The summed E-state index contributed by atoms with van der Waals surface area (Å²) in [5, 5.41) is 3.16. The van der Waals surface area contributed by atoms with Crippen molar-refractivity contribution in [1.82, 2.24) is 10.2 Å². The average molecular weight is 407 g/mol. The standard InChI is InChI=1S/C25H27FN2O2/c1-3-28(17-19-14-15-23(30-2)22(26)16-19)18-24(29)27-25(20-10-6-4-7-11-20)21-12-8-5-9-13-21/h4-16,25H,3,17-18H2,1-2H3,(H,27,29). The molecule has 1 amide bonds. The molecule has 0 aromatic heterocycles. The van der Waals surface area contributed by atoms with Gasteiger partial charge in [0.2, 0.25) is 5.91 Å². The van der Waals surface area contributed by atoms with Gasteiger partial charge in [0, 0.05) is 6.54 Å². The van der Waals surface area contributed by atoms with Gasteiger partial charge in [-0.05, 0) is 35.4 Å².